The maximum Gasteiger partial charge on any atom is 0.104 e. The first-order valence-corrected chi connectivity index (χ1v) is 6.90. The third kappa shape index (κ3) is 3.40. The lowest BCUT2D eigenvalue weighted by Gasteiger charge is -2.15. The molecule has 2 aromatic carbocycles. The molecule has 0 saturated carbocycles. The summed E-state index contributed by atoms with van der Waals surface area (Å²) in [5, 5.41) is 3.88. The van der Waals surface area contributed by atoms with Crippen molar-refractivity contribution in [2.45, 2.75) is 0 Å². The van der Waals surface area contributed by atoms with E-state index in [1.807, 2.05) is 49.3 Å². The number of hydrogen-bond donors (Lipinski definition) is 2. The smallest absolute Gasteiger partial charge is 0.104 e. The zero-order chi connectivity index (χ0) is 14.7. The van der Waals surface area contributed by atoms with E-state index in [0.29, 0.717) is 10.0 Å². The SMILES string of the molecule is CN(C)c1cccc(Nc2ccc(C(N)=S)cc2Cl)c1. The van der Waals surface area contributed by atoms with Crippen molar-refractivity contribution in [2.24, 2.45) is 5.73 Å². The van der Waals surface area contributed by atoms with Crippen LogP contribution in [0.4, 0.5) is 17.1 Å². The molecule has 0 aromatic heterocycles. The number of hydrogen-bond acceptors (Lipinski definition) is 3. The van der Waals surface area contributed by atoms with E-state index in [1.54, 1.807) is 6.07 Å². The fourth-order valence-electron chi connectivity index (χ4n) is 1.79. The monoisotopic (exact) mass is 305 g/mol. The van der Waals surface area contributed by atoms with Gasteiger partial charge in [-0.25, -0.2) is 0 Å². The van der Waals surface area contributed by atoms with Crippen molar-refractivity contribution >= 4 is 45.9 Å². The summed E-state index contributed by atoms with van der Waals surface area (Å²) in [6.07, 6.45) is 0. The van der Waals surface area contributed by atoms with Crippen molar-refractivity contribution in [1.82, 2.24) is 0 Å². The van der Waals surface area contributed by atoms with Crippen LogP contribution < -0.4 is 16.0 Å². The minimum absolute atomic E-state index is 0.341. The van der Waals surface area contributed by atoms with Gasteiger partial charge in [0.25, 0.3) is 0 Å². The summed E-state index contributed by atoms with van der Waals surface area (Å²) in [4.78, 5) is 2.39. The third-order valence-corrected chi connectivity index (χ3v) is 3.44. The predicted molar refractivity (Wildman–Crippen MR) is 91.4 cm³/mol. The quantitative estimate of drug-likeness (QED) is 0.843. The van der Waals surface area contributed by atoms with E-state index in [2.05, 4.69) is 11.4 Å². The average molecular weight is 306 g/mol. The molecule has 2 rings (SSSR count). The van der Waals surface area contributed by atoms with Gasteiger partial charge in [0.05, 0.1) is 10.7 Å². The minimum Gasteiger partial charge on any atom is -0.389 e. The van der Waals surface area contributed by atoms with Gasteiger partial charge in [0.1, 0.15) is 4.99 Å². The molecule has 0 radical (unpaired) electrons. The fraction of sp³-hybridized carbons (Fsp3) is 0.133. The van der Waals surface area contributed by atoms with E-state index in [1.165, 1.54) is 0 Å². The molecule has 0 saturated heterocycles. The molecule has 20 heavy (non-hydrogen) atoms. The van der Waals surface area contributed by atoms with Gasteiger partial charge in [-0.3, -0.25) is 0 Å². The van der Waals surface area contributed by atoms with Gasteiger partial charge >= 0.3 is 0 Å². The van der Waals surface area contributed by atoms with E-state index in [0.717, 1.165) is 22.6 Å². The maximum atomic E-state index is 6.24. The van der Waals surface area contributed by atoms with Crippen LogP contribution in [0.1, 0.15) is 5.56 Å². The zero-order valence-corrected chi connectivity index (χ0v) is 12.9. The van der Waals surface area contributed by atoms with Crippen LogP contribution in [0, 0.1) is 0 Å². The summed E-state index contributed by atoms with van der Waals surface area (Å²) in [6.45, 7) is 0. The first kappa shape index (κ1) is 14.6. The predicted octanol–water partition coefficient (Wildman–Crippen LogP) is 3.78. The molecule has 0 fully saturated rings. The van der Waals surface area contributed by atoms with Crippen molar-refractivity contribution < 1.29 is 0 Å². The molecular formula is C15H16ClN3S. The largest absolute Gasteiger partial charge is 0.389 e. The van der Waals surface area contributed by atoms with Crippen LogP contribution in [0.5, 0.6) is 0 Å². The van der Waals surface area contributed by atoms with E-state index in [9.17, 15) is 0 Å². The minimum atomic E-state index is 0.341. The molecule has 5 heteroatoms. The average Bonchev–Trinajstić information content (AvgIpc) is 2.41. The van der Waals surface area contributed by atoms with Gasteiger partial charge in [-0.05, 0) is 36.4 Å². The second-order valence-corrected chi connectivity index (χ2v) is 5.48. The molecule has 3 nitrogen and oxygen atoms in total. The molecule has 0 spiro atoms. The number of thiocarbonyl (C=S) groups is 1. The lowest BCUT2D eigenvalue weighted by Crippen LogP contribution is -2.09. The molecule has 0 bridgehead atoms. The number of nitrogens with one attached hydrogen (secondary N) is 1. The van der Waals surface area contributed by atoms with Crippen molar-refractivity contribution in [3.63, 3.8) is 0 Å². The first-order valence-electron chi connectivity index (χ1n) is 6.11. The number of nitrogens with two attached hydrogens (primary N) is 1. The number of benzene rings is 2. The molecule has 0 amide bonds. The molecule has 2 aromatic rings. The Hall–Kier alpha value is -1.78. The van der Waals surface area contributed by atoms with Gasteiger partial charge in [0, 0.05) is 31.0 Å². The summed E-state index contributed by atoms with van der Waals surface area (Å²) in [5.41, 5.74) is 9.26. The highest BCUT2D eigenvalue weighted by Gasteiger charge is 2.05. The van der Waals surface area contributed by atoms with Crippen LogP contribution in [-0.4, -0.2) is 19.1 Å². The molecule has 0 atom stereocenters. The highest BCUT2D eigenvalue weighted by Crippen LogP contribution is 2.28. The molecule has 0 unspecified atom stereocenters. The number of nitrogens with zero attached hydrogens (tertiary/aromatic N) is 1. The number of anilines is 3. The third-order valence-electron chi connectivity index (χ3n) is 2.90. The van der Waals surface area contributed by atoms with Crippen LogP contribution in [0.3, 0.4) is 0 Å². The van der Waals surface area contributed by atoms with E-state index in [4.69, 9.17) is 29.6 Å². The summed E-state index contributed by atoms with van der Waals surface area (Å²) >= 11 is 11.2. The highest BCUT2D eigenvalue weighted by atomic mass is 35.5. The highest BCUT2D eigenvalue weighted by molar-refractivity contribution is 7.80. The number of halogens is 1. The van der Waals surface area contributed by atoms with Gasteiger partial charge < -0.3 is 16.0 Å². The summed E-state index contributed by atoms with van der Waals surface area (Å²) < 4.78 is 0. The van der Waals surface area contributed by atoms with Gasteiger partial charge in [0.2, 0.25) is 0 Å². The Bertz CT molecular complexity index is 641. The Morgan fingerprint density at radius 1 is 1.20 bits per heavy atom. The van der Waals surface area contributed by atoms with Gasteiger partial charge in [0.15, 0.2) is 0 Å². The van der Waals surface area contributed by atoms with E-state index < -0.39 is 0 Å². The van der Waals surface area contributed by atoms with Crippen LogP contribution in [0.25, 0.3) is 0 Å². The van der Waals surface area contributed by atoms with Crippen LogP contribution in [-0.2, 0) is 0 Å². The lowest BCUT2D eigenvalue weighted by molar-refractivity contribution is 1.13. The molecule has 0 aliphatic rings. The Balaban J connectivity index is 2.26. The van der Waals surface area contributed by atoms with E-state index >= 15 is 0 Å². The Labute approximate surface area is 129 Å². The maximum absolute atomic E-state index is 6.24. The second-order valence-electron chi connectivity index (χ2n) is 4.63. The van der Waals surface area contributed by atoms with Gasteiger partial charge in [-0.1, -0.05) is 29.9 Å². The zero-order valence-electron chi connectivity index (χ0n) is 11.4. The summed E-state index contributed by atoms with van der Waals surface area (Å²) in [7, 11) is 4.01. The van der Waals surface area contributed by atoms with Crippen LogP contribution in [0.2, 0.25) is 5.02 Å². The normalized spacial score (nSPS) is 10.2. The Kier molecular flexibility index (Phi) is 4.47. The van der Waals surface area contributed by atoms with Gasteiger partial charge in [-0.2, -0.15) is 0 Å². The molecule has 104 valence electrons. The number of rotatable bonds is 4. The summed E-state index contributed by atoms with van der Waals surface area (Å²) in [5.74, 6) is 0. The molecule has 0 aliphatic heterocycles. The molecule has 0 heterocycles. The van der Waals surface area contributed by atoms with E-state index in [-0.39, 0.29) is 0 Å². The standard InChI is InChI=1S/C15H16ClN3S/c1-19(2)12-5-3-4-11(9-12)18-14-7-6-10(15(17)20)8-13(14)16/h3-9,18H,1-2H3,(H2,17,20). The van der Waals surface area contributed by atoms with Crippen LogP contribution in [0.15, 0.2) is 42.5 Å². The van der Waals surface area contributed by atoms with Crippen molar-refractivity contribution in [3.8, 4) is 0 Å². The van der Waals surface area contributed by atoms with Crippen molar-refractivity contribution in [3.05, 3.63) is 53.1 Å². The van der Waals surface area contributed by atoms with Gasteiger partial charge in [-0.15, -0.1) is 0 Å². The molecule has 3 N–H and O–H groups in total. The fourth-order valence-corrected chi connectivity index (χ4v) is 2.14. The Morgan fingerprint density at radius 2 is 1.95 bits per heavy atom. The molecular weight excluding hydrogens is 290 g/mol. The Morgan fingerprint density at radius 3 is 2.55 bits per heavy atom. The van der Waals surface area contributed by atoms with Crippen LogP contribution >= 0.6 is 23.8 Å². The van der Waals surface area contributed by atoms with Crippen molar-refractivity contribution in [1.29, 1.82) is 0 Å². The first-order chi connectivity index (χ1) is 9.47. The topological polar surface area (TPSA) is 41.3 Å². The lowest BCUT2D eigenvalue weighted by atomic mass is 10.2. The second kappa shape index (κ2) is 6.11. The molecule has 0 aliphatic carbocycles. The summed E-state index contributed by atoms with van der Waals surface area (Å²) in [6, 6.07) is 13.6. The van der Waals surface area contributed by atoms with Crippen molar-refractivity contribution in [2.75, 3.05) is 24.3 Å².